The van der Waals surface area contributed by atoms with E-state index < -0.39 is 0 Å². The van der Waals surface area contributed by atoms with Gasteiger partial charge in [0.1, 0.15) is 0 Å². The predicted molar refractivity (Wildman–Crippen MR) is 61.1 cm³/mol. The Morgan fingerprint density at radius 1 is 1.43 bits per heavy atom. The molecule has 2 nitrogen and oxygen atoms in total. The summed E-state index contributed by atoms with van der Waals surface area (Å²) in [5.41, 5.74) is 3.38. The normalized spacial score (nSPS) is 10.4. The summed E-state index contributed by atoms with van der Waals surface area (Å²) in [5, 5.41) is 0. The summed E-state index contributed by atoms with van der Waals surface area (Å²) in [6.07, 6.45) is 2.72. The molecule has 0 unspecified atom stereocenters. The summed E-state index contributed by atoms with van der Waals surface area (Å²) in [6, 6.07) is 8.19. The van der Waals surface area contributed by atoms with Crippen LogP contribution in [0.2, 0.25) is 0 Å². The number of H-pyrrole nitrogens is 1. The van der Waals surface area contributed by atoms with Gasteiger partial charge >= 0.3 is 0 Å². The first-order valence-corrected chi connectivity index (χ1v) is 5.38. The van der Waals surface area contributed by atoms with E-state index in [0.29, 0.717) is 0 Å². The van der Waals surface area contributed by atoms with Gasteiger partial charge in [-0.1, -0.05) is 35.0 Å². The van der Waals surface area contributed by atoms with Crippen molar-refractivity contribution in [3.63, 3.8) is 0 Å². The van der Waals surface area contributed by atoms with Gasteiger partial charge in [-0.05, 0) is 18.6 Å². The first kappa shape index (κ1) is 9.46. The number of hydrogen-bond acceptors (Lipinski definition) is 1. The highest BCUT2D eigenvalue weighted by atomic mass is 79.9. The van der Waals surface area contributed by atoms with E-state index in [-0.39, 0.29) is 0 Å². The molecule has 0 aliphatic heterocycles. The lowest BCUT2D eigenvalue weighted by molar-refractivity contribution is 1.07. The van der Waals surface area contributed by atoms with E-state index >= 15 is 0 Å². The molecule has 0 radical (unpaired) electrons. The Morgan fingerprint density at radius 2 is 2.29 bits per heavy atom. The zero-order valence-corrected chi connectivity index (χ0v) is 9.51. The summed E-state index contributed by atoms with van der Waals surface area (Å²) in [6.45, 7) is 2.12. The second kappa shape index (κ2) is 3.96. The largest absolute Gasteiger partial charge is 0.348 e. The van der Waals surface area contributed by atoms with Gasteiger partial charge in [0.15, 0.2) is 0 Å². The monoisotopic (exact) mass is 250 g/mol. The lowest BCUT2D eigenvalue weighted by Crippen LogP contribution is -1.85. The van der Waals surface area contributed by atoms with Crippen molar-refractivity contribution in [3.05, 3.63) is 40.8 Å². The Morgan fingerprint density at radius 3 is 3.00 bits per heavy atom. The van der Waals surface area contributed by atoms with Crippen LogP contribution < -0.4 is 0 Å². The highest BCUT2D eigenvalue weighted by Crippen LogP contribution is 2.23. The number of nitrogens with one attached hydrogen (secondary N) is 1. The Balaban J connectivity index is 2.49. The topological polar surface area (TPSA) is 28.7 Å². The van der Waals surface area contributed by atoms with Crippen LogP contribution in [0, 0.1) is 0 Å². The summed E-state index contributed by atoms with van der Waals surface area (Å²) in [7, 11) is 0. The third-order valence-corrected chi connectivity index (χ3v) is 2.66. The second-order valence-corrected chi connectivity index (χ2v) is 4.01. The van der Waals surface area contributed by atoms with Crippen LogP contribution in [0.15, 0.2) is 35.1 Å². The van der Waals surface area contributed by atoms with Crippen LogP contribution in [0.25, 0.3) is 11.3 Å². The van der Waals surface area contributed by atoms with Gasteiger partial charge in [0.2, 0.25) is 0 Å². The molecule has 2 rings (SSSR count). The fraction of sp³-hybridized carbons (Fsp3) is 0.182. The smallest absolute Gasteiger partial charge is 0.0929 e. The van der Waals surface area contributed by atoms with Gasteiger partial charge in [-0.25, -0.2) is 4.98 Å². The molecule has 3 heteroatoms. The number of halogens is 1. The van der Waals surface area contributed by atoms with E-state index in [9.17, 15) is 0 Å². The lowest BCUT2D eigenvalue weighted by atomic mass is 10.1. The number of aryl methyl sites for hydroxylation is 1. The lowest BCUT2D eigenvalue weighted by Gasteiger charge is -2.00. The van der Waals surface area contributed by atoms with Crippen molar-refractivity contribution < 1.29 is 0 Å². The summed E-state index contributed by atoms with van der Waals surface area (Å²) in [4.78, 5) is 7.47. The summed E-state index contributed by atoms with van der Waals surface area (Å²) < 4.78 is 1.08. The fourth-order valence-corrected chi connectivity index (χ4v) is 1.87. The molecule has 1 heterocycles. The van der Waals surface area contributed by atoms with Crippen LogP contribution in [0.1, 0.15) is 12.6 Å². The van der Waals surface area contributed by atoms with Crippen molar-refractivity contribution in [2.45, 2.75) is 13.3 Å². The Labute approximate surface area is 91.5 Å². The average Bonchev–Trinajstić information content (AvgIpc) is 2.65. The maximum absolute atomic E-state index is 4.32. The summed E-state index contributed by atoms with van der Waals surface area (Å²) in [5.74, 6) is 0. The van der Waals surface area contributed by atoms with Crippen molar-refractivity contribution in [2.24, 2.45) is 0 Å². The number of nitrogens with zero attached hydrogens (tertiary/aromatic N) is 1. The SMILES string of the molecule is CCc1[nH]cnc1-c1cccc(Br)c1. The fourth-order valence-electron chi connectivity index (χ4n) is 1.48. The van der Waals surface area contributed by atoms with Gasteiger partial charge in [-0.3, -0.25) is 0 Å². The maximum Gasteiger partial charge on any atom is 0.0929 e. The van der Waals surface area contributed by atoms with Gasteiger partial charge in [-0.2, -0.15) is 0 Å². The van der Waals surface area contributed by atoms with Crippen molar-refractivity contribution in [3.8, 4) is 11.3 Å². The molecule has 0 spiro atoms. The first-order chi connectivity index (χ1) is 6.81. The molecule has 0 amide bonds. The molecule has 0 aliphatic rings. The minimum absolute atomic E-state index is 0.974. The Bertz CT molecular complexity index is 434. The van der Waals surface area contributed by atoms with Crippen LogP contribution in [0.5, 0.6) is 0 Å². The van der Waals surface area contributed by atoms with Crippen molar-refractivity contribution in [1.82, 2.24) is 9.97 Å². The Hall–Kier alpha value is -1.09. The molecule has 1 aromatic heterocycles. The van der Waals surface area contributed by atoms with E-state index in [1.54, 1.807) is 6.33 Å². The molecule has 2 aromatic rings. The molecular weight excluding hydrogens is 240 g/mol. The Kier molecular flexibility index (Phi) is 2.68. The van der Waals surface area contributed by atoms with Crippen LogP contribution in [0.3, 0.4) is 0 Å². The van der Waals surface area contributed by atoms with Gasteiger partial charge in [-0.15, -0.1) is 0 Å². The predicted octanol–water partition coefficient (Wildman–Crippen LogP) is 3.40. The van der Waals surface area contributed by atoms with Gasteiger partial charge in [0, 0.05) is 15.7 Å². The molecule has 1 aromatic carbocycles. The van der Waals surface area contributed by atoms with Crippen molar-refractivity contribution in [2.75, 3.05) is 0 Å². The van der Waals surface area contributed by atoms with E-state index in [1.807, 2.05) is 12.1 Å². The van der Waals surface area contributed by atoms with Crippen LogP contribution in [0.4, 0.5) is 0 Å². The van der Waals surface area contributed by atoms with Crippen molar-refractivity contribution in [1.29, 1.82) is 0 Å². The molecule has 0 saturated heterocycles. The van der Waals surface area contributed by atoms with Gasteiger partial charge in [0.05, 0.1) is 12.0 Å². The van der Waals surface area contributed by atoms with Crippen LogP contribution in [-0.4, -0.2) is 9.97 Å². The molecular formula is C11H11BrN2. The molecule has 14 heavy (non-hydrogen) atoms. The van der Waals surface area contributed by atoms with E-state index in [2.05, 4.69) is 45.0 Å². The third kappa shape index (κ3) is 1.73. The van der Waals surface area contributed by atoms with E-state index in [1.165, 1.54) is 5.69 Å². The molecule has 0 saturated carbocycles. The number of imidazole rings is 1. The molecule has 0 aliphatic carbocycles. The number of benzene rings is 1. The summed E-state index contributed by atoms with van der Waals surface area (Å²) >= 11 is 3.46. The minimum Gasteiger partial charge on any atom is -0.348 e. The zero-order valence-electron chi connectivity index (χ0n) is 7.92. The number of rotatable bonds is 2. The second-order valence-electron chi connectivity index (χ2n) is 3.09. The van der Waals surface area contributed by atoms with E-state index in [4.69, 9.17) is 0 Å². The molecule has 72 valence electrons. The molecule has 0 bridgehead atoms. The highest BCUT2D eigenvalue weighted by molar-refractivity contribution is 9.10. The third-order valence-electron chi connectivity index (χ3n) is 2.17. The number of hydrogen-bond donors (Lipinski definition) is 1. The standard InChI is InChI=1S/C11H11BrN2/c1-2-10-11(14-7-13-10)8-4-3-5-9(12)6-8/h3-7H,2H2,1H3,(H,13,14). The molecule has 0 fully saturated rings. The molecule has 0 atom stereocenters. The van der Waals surface area contributed by atoms with Gasteiger partial charge in [0.25, 0.3) is 0 Å². The van der Waals surface area contributed by atoms with Gasteiger partial charge < -0.3 is 4.98 Å². The number of aromatic nitrogens is 2. The molecule has 1 N–H and O–H groups in total. The van der Waals surface area contributed by atoms with E-state index in [0.717, 1.165) is 22.2 Å². The van der Waals surface area contributed by atoms with Crippen LogP contribution in [-0.2, 0) is 6.42 Å². The van der Waals surface area contributed by atoms with Crippen LogP contribution >= 0.6 is 15.9 Å². The minimum atomic E-state index is 0.974. The number of aromatic amines is 1. The maximum atomic E-state index is 4.32. The van der Waals surface area contributed by atoms with Crippen molar-refractivity contribution >= 4 is 15.9 Å². The average molecular weight is 251 g/mol. The first-order valence-electron chi connectivity index (χ1n) is 4.59. The highest BCUT2D eigenvalue weighted by Gasteiger charge is 2.05. The quantitative estimate of drug-likeness (QED) is 0.870. The zero-order chi connectivity index (χ0) is 9.97.